The van der Waals surface area contributed by atoms with Gasteiger partial charge >= 0.3 is 5.97 Å². The molecule has 0 unspecified atom stereocenters. The fraction of sp³-hybridized carbons (Fsp3) is 0.125. The van der Waals surface area contributed by atoms with Crippen LogP contribution in [0.15, 0.2) is 72.9 Å². The molecule has 1 amide bonds. The van der Waals surface area contributed by atoms with Crippen molar-refractivity contribution in [3.05, 3.63) is 72.9 Å². The number of nitrogens with two attached hydrogens (primary N) is 1. The molecule has 0 spiro atoms. The van der Waals surface area contributed by atoms with Gasteiger partial charge in [0.1, 0.15) is 0 Å². The van der Waals surface area contributed by atoms with Crippen molar-refractivity contribution in [3.63, 3.8) is 0 Å². The van der Waals surface area contributed by atoms with Crippen molar-refractivity contribution < 1.29 is 14.7 Å². The van der Waals surface area contributed by atoms with Gasteiger partial charge in [-0.25, -0.2) is 0 Å². The van der Waals surface area contributed by atoms with Crippen molar-refractivity contribution in [2.75, 3.05) is 0 Å². The quantitative estimate of drug-likeness (QED) is 0.500. The molecule has 0 aromatic carbocycles. The maximum absolute atomic E-state index is 11.0. The summed E-state index contributed by atoms with van der Waals surface area (Å²) >= 11 is 0. The summed E-state index contributed by atoms with van der Waals surface area (Å²) in [7, 11) is 0. The van der Waals surface area contributed by atoms with E-state index in [2.05, 4.69) is 39.5 Å². The first-order valence-electron chi connectivity index (χ1n) is 5.75. The Labute approximate surface area is 119 Å². The van der Waals surface area contributed by atoms with Crippen LogP contribution in [0, 0.1) is 0 Å². The molecule has 0 heterocycles. The molecule has 20 heavy (non-hydrogen) atoms. The monoisotopic (exact) mass is 273 g/mol. The summed E-state index contributed by atoms with van der Waals surface area (Å²) in [5.41, 5.74) is 7.23. The van der Waals surface area contributed by atoms with E-state index in [1.165, 1.54) is 0 Å². The fourth-order valence-corrected chi connectivity index (χ4v) is 1.32. The van der Waals surface area contributed by atoms with Gasteiger partial charge in [-0.1, -0.05) is 39.5 Å². The lowest BCUT2D eigenvalue weighted by Gasteiger charge is -2.16. The predicted molar refractivity (Wildman–Crippen MR) is 80.9 cm³/mol. The van der Waals surface area contributed by atoms with E-state index in [0.29, 0.717) is 22.3 Å². The van der Waals surface area contributed by atoms with E-state index < -0.39 is 11.9 Å². The van der Waals surface area contributed by atoms with Crippen LogP contribution < -0.4 is 5.73 Å². The first-order valence-corrected chi connectivity index (χ1v) is 5.75. The van der Waals surface area contributed by atoms with Gasteiger partial charge in [0.15, 0.2) is 0 Å². The number of carboxylic acids is 1. The van der Waals surface area contributed by atoms with E-state index in [9.17, 15) is 9.59 Å². The molecule has 0 atom stereocenters. The second kappa shape index (κ2) is 7.09. The molecule has 0 saturated heterocycles. The van der Waals surface area contributed by atoms with Crippen molar-refractivity contribution in [2.45, 2.75) is 12.8 Å². The highest BCUT2D eigenvalue weighted by Crippen LogP contribution is 2.29. The lowest BCUT2D eigenvalue weighted by Crippen LogP contribution is -2.15. The Morgan fingerprint density at radius 1 is 0.750 bits per heavy atom. The highest BCUT2D eigenvalue weighted by molar-refractivity contribution is 5.97. The number of carbonyl (C=O) groups excluding carboxylic acids is 1. The van der Waals surface area contributed by atoms with Gasteiger partial charge in [0.05, 0.1) is 0 Å². The molecule has 0 fully saturated rings. The van der Waals surface area contributed by atoms with Gasteiger partial charge in [-0.05, 0) is 34.3 Å². The molecule has 0 aromatic heterocycles. The van der Waals surface area contributed by atoms with E-state index in [1.54, 1.807) is 0 Å². The van der Waals surface area contributed by atoms with Crippen molar-refractivity contribution in [2.24, 2.45) is 5.73 Å². The van der Waals surface area contributed by atoms with Crippen LogP contribution in [0.25, 0.3) is 0 Å². The number of amides is 1. The topological polar surface area (TPSA) is 80.4 Å². The standard InChI is InChI=1S/C16H19NO3/c1-9(7-8-15(18)19)10(2)11(3)12(4)13(5)14(6)16(17)20/h1-8H2,(H2,17,20)(H,18,19). The van der Waals surface area contributed by atoms with Crippen LogP contribution in [0.2, 0.25) is 0 Å². The number of aliphatic carboxylic acids is 1. The van der Waals surface area contributed by atoms with Crippen molar-refractivity contribution in [3.8, 4) is 0 Å². The fourth-order valence-electron chi connectivity index (χ4n) is 1.32. The number of primary amides is 1. The van der Waals surface area contributed by atoms with Gasteiger partial charge < -0.3 is 10.8 Å². The highest BCUT2D eigenvalue weighted by Gasteiger charge is 2.15. The summed E-state index contributed by atoms with van der Waals surface area (Å²) in [5.74, 6) is -1.62. The van der Waals surface area contributed by atoms with Gasteiger partial charge in [0.2, 0.25) is 5.91 Å². The van der Waals surface area contributed by atoms with Crippen molar-refractivity contribution in [1.29, 1.82) is 0 Å². The van der Waals surface area contributed by atoms with E-state index in [0.717, 1.165) is 0 Å². The molecule has 0 bridgehead atoms. The number of allylic oxidation sites excluding steroid dienone is 4. The van der Waals surface area contributed by atoms with Gasteiger partial charge in [-0.3, -0.25) is 9.59 Å². The first-order chi connectivity index (χ1) is 9.09. The van der Waals surface area contributed by atoms with Gasteiger partial charge in [-0.2, -0.15) is 0 Å². The van der Waals surface area contributed by atoms with Gasteiger partial charge in [0.25, 0.3) is 0 Å². The van der Waals surface area contributed by atoms with Crippen LogP contribution in [0.4, 0.5) is 0 Å². The molecule has 0 aliphatic rings. The van der Waals surface area contributed by atoms with Crippen LogP contribution in [-0.2, 0) is 9.59 Å². The molecule has 0 aliphatic heterocycles. The Bertz CT molecular complexity index is 550. The average Bonchev–Trinajstić information content (AvgIpc) is 2.40. The van der Waals surface area contributed by atoms with Crippen LogP contribution in [0.5, 0.6) is 0 Å². The zero-order valence-corrected chi connectivity index (χ0v) is 11.5. The minimum Gasteiger partial charge on any atom is -0.481 e. The maximum Gasteiger partial charge on any atom is 0.303 e. The molecule has 3 N–H and O–H groups in total. The minimum absolute atomic E-state index is 0.0418. The second-order valence-corrected chi connectivity index (χ2v) is 4.25. The van der Waals surface area contributed by atoms with E-state index in [4.69, 9.17) is 10.8 Å². The molecular weight excluding hydrogens is 254 g/mol. The molecule has 0 saturated carbocycles. The Hall–Kier alpha value is -2.62. The van der Waals surface area contributed by atoms with Crippen LogP contribution in [-0.4, -0.2) is 17.0 Å². The largest absolute Gasteiger partial charge is 0.481 e. The summed E-state index contributed by atoms with van der Waals surface area (Å²) in [5, 5.41) is 8.63. The Morgan fingerprint density at radius 2 is 1.15 bits per heavy atom. The Kier molecular flexibility index (Phi) is 6.16. The Balaban J connectivity index is 4.86. The summed E-state index contributed by atoms with van der Waals surface area (Å²) in [6.45, 7) is 22.3. The minimum atomic E-state index is -0.921. The second-order valence-electron chi connectivity index (χ2n) is 4.25. The van der Waals surface area contributed by atoms with Crippen molar-refractivity contribution >= 4 is 11.9 Å². The van der Waals surface area contributed by atoms with Gasteiger partial charge in [-0.15, -0.1) is 0 Å². The number of carbonyl (C=O) groups is 2. The zero-order valence-electron chi connectivity index (χ0n) is 11.5. The number of hydrogen-bond acceptors (Lipinski definition) is 2. The molecule has 0 aliphatic carbocycles. The third kappa shape index (κ3) is 4.57. The molecule has 4 heteroatoms. The van der Waals surface area contributed by atoms with Crippen LogP contribution in [0.3, 0.4) is 0 Å². The molecular formula is C16H19NO3. The number of hydrogen-bond donors (Lipinski definition) is 2. The van der Waals surface area contributed by atoms with E-state index in [-0.39, 0.29) is 24.0 Å². The lowest BCUT2D eigenvalue weighted by atomic mass is 9.88. The number of carboxylic acid groups (broad SMARTS) is 1. The molecule has 106 valence electrons. The lowest BCUT2D eigenvalue weighted by molar-refractivity contribution is -0.136. The van der Waals surface area contributed by atoms with E-state index in [1.807, 2.05) is 0 Å². The zero-order chi connectivity index (χ0) is 16.0. The van der Waals surface area contributed by atoms with Crippen LogP contribution >= 0.6 is 0 Å². The summed E-state index contributed by atoms with van der Waals surface area (Å²) in [4.78, 5) is 21.5. The smallest absolute Gasteiger partial charge is 0.303 e. The third-order valence-corrected chi connectivity index (χ3v) is 2.82. The van der Waals surface area contributed by atoms with Gasteiger partial charge in [0, 0.05) is 12.0 Å². The molecule has 0 rings (SSSR count). The highest BCUT2D eigenvalue weighted by atomic mass is 16.4. The van der Waals surface area contributed by atoms with Crippen molar-refractivity contribution in [1.82, 2.24) is 0 Å². The summed E-state index contributed by atoms with van der Waals surface area (Å²) in [6.07, 6.45) is 0.205. The van der Waals surface area contributed by atoms with E-state index >= 15 is 0 Å². The Morgan fingerprint density at radius 3 is 1.55 bits per heavy atom. The summed E-state index contributed by atoms with van der Waals surface area (Å²) < 4.78 is 0. The average molecular weight is 273 g/mol. The number of rotatable bonds is 9. The predicted octanol–water partition coefficient (Wildman–Crippen LogP) is 2.67. The molecule has 0 radical (unpaired) electrons. The first kappa shape index (κ1) is 17.4. The maximum atomic E-state index is 11.0. The van der Waals surface area contributed by atoms with Crippen LogP contribution in [0.1, 0.15) is 12.8 Å². The molecule has 4 nitrogen and oxygen atoms in total. The third-order valence-electron chi connectivity index (χ3n) is 2.82. The SMILES string of the molecule is C=C(CCC(=O)O)C(=C)C(=C)C(=C)C(=C)C(=C)C(N)=O. The molecule has 0 aromatic rings. The summed E-state index contributed by atoms with van der Waals surface area (Å²) in [6, 6.07) is 0. The normalized spacial score (nSPS) is 9.40.